The van der Waals surface area contributed by atoms with Crippen molar-refractivity contribution in [2.45, 2.75) is 6.42 Å². The number of phenolic OH excluding ortho intramolecular Hbond substituents is 3. The van der Waals surface area contributed by atoms with Crippen molar-refractivity contribution in [1.29, 1.82) is 0 Å². The molecule has 0 aliphatic heterocycles. The Morgan fingerprint density at radius 2 is 1.58 bits per heavy atom. The largest absolute Gasteiger partial charge is 0.508 e. The zero-order valence-electron chi connectivity index (χ0n) is 6.29. The number of aryl methyl sites for hydroxylation is 1. The van der Waals surface area contributed by atoms with Gasteiger partial charge < -0.3 is 15.3 Å². The van der Waals surface area contributed by atoms with Gasteiger partial charge in [-0.25, -0.2) is 0 Å². The van der Waals surface area contributed by atoms with E-state index in [9.17, 15) is 4.39 Å². The molecule has 3 nitrogen and oxygen atoms in total. The minimum absolute atomic E-state index is 0.0275. The number of hydrogen-bond donors (Lipinski definition) is 3. The molecule has 1 aromatic carbocycles. The van der Waals surface area contributed by atoms with Crippen LogP contribution in [0.15, 0.2) is 12.1 Å². The summed E-state index contributed by atoms with van der Waals surface area (Å²) in [5.74, 6) is -0.964. The molecule has 4 heteroatoms. The van der Waals surface area contributed by atoms with Crippen molar-refractivity contribution < 1.29 is 19.7 Å². The molecule has 1 rings (SSSR count). The van der Waals surface area contributed by atoms with Crippen LogP contribution >= 0.6 is 0 Å². The number of benzene rings is 1. The normalized spacial score (nSPS) is 10.1. The smallest absolute Gasteiger partial charge is 0.161 e. The number of hydrogen-bond acceptors (Lipinski definition) is 3. The Balaban J connectivity index is 3.05. The number of phenols is 3. The molecule has 0 unspecified atom stereocenters. The van der Waals surface area contributed by atoms with Gasteiger partial charge in [-0.1, -0.05) is 0 Å². The van der Waals surface area contributed by atoms with Crippen molar-refractivity contribution in [3.05, 3.63) is 17.7 Å². The van der Waals surface area contributed by atoms with Crippen LogP contribution in [0.4, 0.5) is 4.39 Å². The third kappa shape index (κ3) is 1.58. The first kappa shape index (κ1) is 8.64. The molecule has 1 aromatic rings. The van der Waals surface area contributed by atoms with Crippen LogP contribution in [0.5, 0.6) is 17.2 Å². The van der Waals surface area contributed by atoms with E-state index in [0.717, 1.165) is 12.1 Å². The monoisotopic (exact) mass is 172 g/mol. The fourth-order valence-corrected chi connectivity index (χ4v) is 0.911. The van der Waals surface area contributed by atoms with Gasteiger partial charge in [0.25, 0.3) is 0 Å². The average molecular weight is 172 g/mol. The number of alkyl halides is 1. The average Bonchev–Trinajstić information content (AvgIpc) is 2.01. The van der Waals surface area contributed by atoms with Gasteiger partial charge in [-0.2, -0.15) is 0 Å². The topological polar surface area (TPSA) is 60.7 Å². The predicted molar refractivity (Wildman–Crippen MR) is 41.1 cm³/mol. The summed E-state index contributed by atoms with van der Waals surface area (Å²) >= 11 is 0. The second-order valence-corrected chi connectivity index (χ2v) is 2.41. The lowest BCUT2D eigenvalue weighted by atomic mass is 10.1. The Kier molecular flexibility index (Phi) is 2.38. The highest BCUT2D eigenvalue weighted by molar-refractivity contribution is 5.48. The van der Waals surface area contributed by atoms with Crippen molar-refractivity contribution in [3.8, 4) is 17.2 Å². The predicted octanol–water partition coefficient (Wildman–Crippen LogP) is 1.32. The Morgan fingerprint density at radius 1 is 1.00 bits per heavy atom. The number of rotatable bonds is 2. The van der Waals surface area contributed by atoms with E-state index in [4.69, 9.17) is 15.3 Å². The van der Waals surface area contributed by atoms with Crippen LogP contribution in [-0.2, 0) is 6.42 Å². The Hall–Kier alpha value is -1.45. The van der Waals surface area contributed by atoms with Crippen LogP contribution < -0.4 is 0 Å². The van der Waals surface area contributed by atoms with Crippen molar-refractivity contribution in [1.82, 2.24) is 0 Å². The summed E-state index contributed by atoms with van der Waals surface area (Å²) in [5, 5.41) is 27.0. The molecule has 66 valence electrons. The van der Waals surface area contributed by atoms with Gasteiger partial charge in [-0.15, -0.1) is 0 Å². The molecule has 0 saturated carbocycles. The molecule has 0 radical (unpaired) electrons. The van der Waals surface area contributed by atoms with E-state index in [-0.39, 0.29) is 23.5 Å². The van der Waals surface area contributed by atoms with Crippen LogP contribution in [0.2, 0.25) is 0 Å². The summed E-state index contributed by atoms with van der Waals surface area (Å²) in [6.07, 6.45) is 0.0275. The molecule has 3 N–H and O–H groups in total. The first-order valence-corrected chi connectivity index (χ1v) is 3.45. The van der Waals surface area contributed by atoms with E-state index in [2.05, 4.69) is 0 Å². The maximum absolute atomic E-state index is 11.8. The SMILES string of the molecule is Oc1cc(O)c(CCF)cc1O. The summed E-state index contributed by atoms with van der Waals surface area (Å²) in [7, 11) is 0. The van der Waals surface area contributed by atoms with E-state index in [0.29, 0.717) is 0 Å². The molecule has 0 heterocycles. The van der Waals surface area contributed by atoms with E-state index in [1.54, 1.807) is 0 Å². The molecule has 0 fully saturated rings. The van der Waals surface area contributed by atoms with Gasteiger partial charge in [-0.3, -0.25) is 4.39 Å². The third-order valence-electron chi connectivity index (χ3n) is 1.54. The fraction of sp³-hybridized carbons (Fsp3) is 0.250. The van der Waals surface area contributed by atoms with Gasteiger partial charge >= 0.3 is 0 Å². The molecule has 0 aliphatic carbocycles. The second-order valence-electron chi connectivity index (χ2n) is 2.41. The lowest BCUT2D eigenvalue weighted by Crippen LogP contribution is -1.87. The van der Waals surface area contributed by atoms with Gasteiger partial charge in [0.15, 0.2) is 11.5 Å². The van der Waals surface area contributed by atoms with Crippen molar-refractivity contribution in [3.63, 3.8) is 0 Å². The molecular weight excluding hydrogens is 163 g/mol. The number of halogens is 1. The van der Waals surface area contributed by atoms with E-state index in [1.807, 2.05) is 0 Å². The second kappa shape index (κ2) is 3.30. The molecule has 0 spiro atoms. The van der Waals surface area contributed by atoms with Crippen LogP contribution in [0.3, 0.4) is 0 Å². The molecule has 0 bridgehead atoms. The first-order chi connectivity index (χ1) is 5.65. The summed E-state index contributed by atoms with van der Waals surface area (Å²) in [4.78, 5) is 0. The van der Waals surface area contributed by atoms with E-state index < -0.39 is 12.4 Å². The third-order valence-corrected chi connectivity index (χ3v) is 1.54. The molecule has 0 aliphatic rings. The van der Waals surface area contributed by atoms with Gasteiger partial charge in [0, 0.05) is 18.1 Å². The summed E-state index contributed by atoms with van der Waals surface area (Å²) < 4.78 is 11.8. The maximum Gasteiger partial charge on any atom is 0.161 e. The van der Waals surface area contributed by atoms with Gasteiger partial charge in [0.1, 0.15) is 5.75 Å². The van der Waals surface area contributed by atoms with Gasteiger partial charge in [0.05, 0.1) is 6.67 Å². The quantitative estimate of drug-likeness (QED) is 0.465. The Bertz CT molecular complexity index is 286. The molecule has 12 heavy (non-hydrogen) atoms. The van der Waals surface area contributed by atoms with Crippen molar-refractivity contribution in [2.24, 2.45) is 0 Å². The van der Waals surface area contributed by atoms with Crippen molar-refractivity contribution in [2.75, 3.05) is 6.67 Å². The lowest BCUT2D eigenvalue weighted by molar-refractivity contribution is 0.392. The summed E-state index contributed by atoms with van der Waals surface area (Å²) in [6, 6.07) is 2.13. The highest BCUT2D eigenvalue weighted by Crippen LogP contribution is 2.32. The zero-order chi connectivity index (χ0) is 9.14. The van der Waals surface area contributed by atoms with E-state index >= 15 is 0 Å². The molecule has 0 atom stereocenters. The highest BCUT2D eigenvalue weighted by atomic mass is 19.1. The zero-order valence-corrected chi connectivity index (χ0v) is 6.29. The minimum atomic E-state index is -0.613. The Labute approximate surface area is 68.7 Å². The van der Waals surface area contributed by atoms with Gasteiger partial charge in [0.2, 0.25) is 0 Å². The van der Waals surface area contributed by atoms with Gasteiger partial charge in [-0.05, 0) is 6.07 Å². The molecular formula is C8H9FO3. The lowest BCUT2D eigenvalue weighted by Gasteiger charge is -2.03. The standard InChI is InChI=1S/C8H9FO3/c9-2-1-5-3-7(11)8(12)4-6(5)10/h3-4,10-12H,1-2H2. The van der Waals surface area contributed by atoms with Crippen LogP contribution in [0, 0.1) is 0 Å². The molecule has 0 saturated heterocycles. The van der Waals surface area contributed by atoms with Crippen LogP contribution in [0.25, 0.3) is 0 Å². The highest BCUT2D eigenvalue weighted by Gasteiger charge is 2.06. The fourth-order valence-electron chi connectivity index (χ4n) is 0.911. The first-order valence-electron chi connectivity index (χ1n) is 3.45. The maximum atomic E-state index is 11.8. The minimum Gasteiger partial charge on any atom is -0.508 e. The van der Waals surface area contributed by atoms with E-state index in [1.165, 1.54) is 0 Å². The molecule has 0 amide bonds. The van der Waals surface area contributed by atoms with Crippen LogP contribution in [0.1, 0.15) is 5.56 Å². The van der Waals surface area contributed by atoms with Crippen molar-refractivity contribution >= 4 is 0 Å². The Morgan fingerprint density at radius 3 is 2.17 bits per heavy atom. The van der Waals surface area contributed by atoms with Crippen LogP contribution in [-0.4, -0.2) is 22.0 Å². The molecule has 0 aromatic heterocycles. The summed E-state index contributed by atoms with van der Waals surface area (Å²) in [6.45, 7) is -0.613. The summed E-state index contributed by atoms with van der Waals surface area (Å²) in [5.41, 5.74) is 0.285. The number of aromatic hydroxyl groups is 3.